The first-order valence-corrected chi connectivity index (χ1v) is 7.49. The highest BCUT2D eigenvalue weighted by Gasteiger charge is 2.10. The molecular formula is C15H17FN2OS. The van der Waals surface area contributed by atoms with Crippen molar-refractivity contribution < 1.29 is 9.18 Å². The van der Waals surface area contributed by atoms with E-state index in [9.17, 15) is 9.18 Å². The number of halogens is 1. The predicted molar refractivity (Wildman–Crippen MR) is 78.4 cm³/mol. The van der Waals surface area contributed by atoms with E-state index in [1.807, 2.05) is 20.0 Å². The molecule has 20 heavy (non-hydrogen) atoms. The van der Waals surface area contributed by atoms with E-state index >= 15 is 0 Å². The first-order chi connectivity index (χ1) is 9.58. The van der Waals surface area contributed by atoms with E-state index in [0.717, 1.165) is 22.7 Å². The largest absolute Gasteiger partial charge is 0.298 e. The van der Waals surface area contributed by atoms with Gasteiger partial charge in [-0.2, -0.15) is 5.10 Å². The van der Waals surface area contributed by atoms with Crippen LogP contribution in [0, 0.1) is 5.82 Å². The van der Waals surface area contributed by atoms with Gasteiger partial charge in [0.05, 0.1) is 11.4 Å². The Labute approximate surface area is 122 Å². The molecule has 2 aromatic rings. The van der Waals surface area contributed by atoms with E-state index in [1.54, 1.807) is 16.8 Å². The van der Waals surface area contributed by atoms with Gasteiger partial charge in [-0.3, -0.25) is 9.48 Å². The van der Waals surface area contributed by atoms with Gasteiger partial charge in [-0.05, 0) is 36.8 Å². The van der Waals surface area contributed by atoms with Gasteiger partial charge >= 0.3 is 0 Å². The Balaban J connectivity index is 1.89. The average molecular weight is 292 g/mol. The maximum atomic E-state index is 12.8. The van der Waals surface area contributed by atoms with Gasteiger partial charge in [0, 0.05) is 24.1 Å². The molecule has 0 amide bonds. The van der Waals surface area contributed by atoms with Crippen molar-refractivity contribution in [3.63, 3.8) is 0 Å². The Morgan fingerprint density at radius 1 is 1.35 bits per heavy atom. The zero-order valence-corrected chi connectivity index (χ0v) is 12.4. The number of rotatable bonds is 6. The number of aryl methyl sites for hydroxylation is 2. The lowest BCUT2D eigenvalue weighted by atomic mass is 10.2. The molecule has 2 rings (SSSR count). The summed E-state index contributed by atoms with van der Waals surface area (Å²) in [6.45, 7) is 2.04. The Kier molecular flexibility index (Phi) is 4.95. The molecule has 0 spiro atoms. The smallest absolute Gasteiger partial charge is 0.149 e. The molecule has 0 aliphatic heterocycles. The van der Waals surface area contributed by atoms with Gasteiger partial charge in [0.1, 0.15) is 11.6 Å². The number of ketones is 1. The molecule has 0 fully saturated rings. The number of hydrogen-bond acceptors (Lipinski definition) is 3. The van der Waals surface area contributed by atoms with Crippen molar-refractivity contribution in [2.45, 2.75) is 24.7 Å². The summed E-state index contributed by atoms with van der Waals surface area (Å²) in [6, 6.07) is 8.16. The molecule has 0 atom stereocenters. The number of hydrogen-bond donors (Lipinski definition) is 0. The molecule has 1 aromatic carbocycles. The summed E-state index contributed by atoms with van der Waals surface area (Å²) in [4.78, 5) is 12.9. The fourth-order valence-electron chi connectivity index (χ4n) is 1.86. The number of carbonyl (C=O) groups excluding carboxylic acids is 1. The molecule has 106 valence electrons. The molecule has 0 unspecified atom stereocenters. The predicted octanol–water partition coefficient (Wildman–Crippen LogP) is 3.03. The van der Waals surface area contributed by atoms with E-state index in [1.165, 1.54) is 23.9 Å². The minimum absolute atomic E-state index is 0.143. The summed E-state index contributed by atoms with van der Waals surface area (Å²) in [5.41, 5.74) is 1.94. The van der Waals surface area contributed by atoms with Crippen LogP contribution in [0.3, 0.4) is 0 Å². The molecule has 0 aliphatic carbocycles. The Bertz CT molecular complexity index is 592. The third-order valence-corrected chi connectivity index (χ3v) is 4.05. The molecule has 0 radical (unpaired) electrons. The van der Waals surface area contributed by atoms with E-state index in [-0.39, 0.29) is 11.6 Å². The molecule has 0 N–H and O–H groups in total. The monoisotopic (exact) mass is 292 g/mol. The zero-order chi connectivity index (χ0) is 14.5. The summed E-state index contributed by atoms with van der Waals surface area (Å²) in [6.07, 6.45) is 1.25. The van der Waals surface area contributed by atoms with Crippen LogP contribution in [0.4, 0.5) is 4.39 Å². The van der Waals surface area contributed by atoms with Crippen LogP contribution in [0.2, 0.25) is 0 Å². The van der Waals surface area contributed by atoms with Crippen molar-refractivity contribution in [2.75, 3.05) is 5.75 Å². The summed E-state index contributed by atoms with van der Waals surface area (Å²) in [7, 11) is 1.86. The summed E-state index contributed by atoms with van der Waals surface area (Å²) in [5, 5.41) is 4.33. The van der Waals surface area contributed by atoms with Crippen molar-refractivity contribution in [3.05, 3.63) is 47.5 Å². The molecule has 5 heteroatoms. The van der Waals surface area contributed by atoms with Crippen LogP contribution >= 0.6 is 11.8 Å². The first kappa shape index (κ1) is 14.8. The fourth-order valence-corrected chi connectivity index (χ4v) is 2.62. The van der Waals surface area contributed by atoms with Crippen molar-refractivity contribution in [1.82, 2.24) is 9.78 Å². The molecule has 1 heterocycles. The van der Waals surface area contributed by atoms with E-state index in [2.05, 4.69) is 5.10 Å². The van der Waals surface area contributed by atoms with Crippen molar-refractivity contribution in [3.8, 4) is 0 Å². The lowest BCUT2D eigenvalue weighted by Gasteiger charge is -2.02. The minimum Gasteiger partial charge on any atom is -0.298 e. The number of Topliss-reactive ketones (excluding diaryl/α,β-unsaturated/α-hetero) is 1. The summed E-state index contributed by atoms with van der Waals surface area (Å²) < 4.78 is 14.5. The highest BCUT2D eigenvalue weighted by molar-refractivity contribution is 8.00. The van der Waals surface area contributed by atoms with Crippen LogP contribution in [0.25, 0.3) is 0 Å². The number of thioether (sulfide) groups is 1. The Morgan fingerprint density at radius 3 is 2.65 bits per heavy atom. The van der Waals surface area contributed by atoms with Crippen LogP contribution in [0.15, 0.2) is 35.2 Å². The molecule has 0 saturated heterocycles. The van der Waals surface area contributed by atoms with Gasteiger partial charge in [-0.15, -0.1) is 11.8 Å². The highest BCUT2D eigenvalue weighted by atomic mass is 32.2. The number of aromatic nitrogens is 2. The molecule has 0 aliphatic rings. The molecule has 0 bridgehead atoms. The quantitative estimate of drug-likeness (QED) is 0.768. The van der Waals surface area contributed by atoms with Gasteiger partial charge in [0.15, 0.2) is 0 Å². The number of carbonyl (C=O) groups is 1. The molecule has 0 saturated carbocycles. The SMILES string of the molecule is CCc1cc(CC(=O)CSc2ccc(F)cc2)n(C)n1. The Hall–Kier alpha value is -1.62. The summed E-state index contributed by atoms with van der Waals surface area (Å²) in [5.74, 6) is 0.269. The maximum absolute atomic E-state index is 12.8. The standard InChI is InChI=1S/C15H17FN2OS/c1-3-12-8-13(18(2)17-12)9-14(19)10-20-15-6-4-11(16)5-7-15/h4-8H,3,9-10H2,1-2H3. The molecular weight excluding hydrogens is 275 g/mol. The first-order valence-electron chi connectivity index (χ1n) is 6.50. The topological polar surface area (TPSA) is 34.9 Å². The second-order valence-corrected chi connectivity index (χ2v) is 5.61. The van der Waals surface area contributed by atoms with Crippen LogP contribution in [-0.2, 0) is 24.7 Å². The van der Waals surface area contributed by atoms with Gasteiger partial charge in [-0.25, -0.2) is 4.39 Å². The second-order valence-electron chi connectivity index (χ2n) is 4.56. The van der Waals surface area contributed by atoms with Crippen LogP contribution in [0.1, 0.15) is 18.3 Å². The third kappa shape index (κ3) is 3.93. The highest BCUT2D eigenvalue weighted by Crippen LogP contribution is 2.18. The van der Waals surface area contributed by atoms with Gasteiger partial charge in [0.25, 0.3) is 0 Å². The Morgan fingerprint density at radius 2 is 2.05 bits per heavy atom. The minimum atomic E-state index is -0.261. The third-order valence-electron chi connectivity index (χ3n) is 2.98. The lowest BCUT2D eigenvalue weighted by Crippen LogP contribution is -2.09. The van der Waals surface area contributed by atoms with E-state index < -0.39 is 0 Å². The van der Waals surface area contributed by atoms with Gasteiger partial charge < -0.3 is 0 Å². The molecule has 3 nitrogen and oxygen atoms in total. The normalized spacial score (nSPS) is 10.8. The number of nitrogens with zero attached hydrogens (tertiary/aromatic N) is 2. The number of benzene rings is 1. The second kappa shape index (κ2) is 6.70. The van der Waals surface area contributed by atoms with Crippen molar-refractivity contribution in [1.29, 1.82) is 0 Å². The van der Waals surface area contributed by atoms with Gasteiger partial charge in [0.2, 0.25) is 0 Å². The maximum Gasteiger partial charge on any atom is 0.149 e. The van der Waals surface area contributed by atoms with Gasteiger partial charge in [-0.1, -0.05) is 6.92 Å². The van der Waals surface area contributed by atoms with Crippen LogP contribution in [0.5, 0.6) is 0 Å². The lowest BCUT2D eigenvalue weighted by molar-refractivity contribution is -0.116. The average Bonchev–Trinajstić information content (AvgIpc) is 2.79. The zero-order valence-electron chi connectivity index (χ0n) is 11.6. The van der Waals surface area contributed by atoms with Crippen molar-refractivity contribution in [2.24, 2.45) is 7.05 Å². The van der Waals surface area contributed by atoms with E-state index in [0.29, 0.717) is 12.2 Å². The van der Waals surface area contributed by atoms with Crippen LogP contribution in [-0.4, -0.2) is 21.3 Å². The van der Waals surface area contributed by atoms with Crippen molar-refractivity contribution >= 4 is 17.5 Å². The van der Waals surface area contributed by atoms with Crippen LogP contribution < -0.4 is 0 Å². The summed E-state index contributed by atoms with van der Waals surface area (Å²) >= 11 is 1.43. The van der Waals surface area contributed by atoms with E-state index in [4.69, 9.17) is 0 Å². The molecule has 1 aromatic heterocycles. The fraction of sp³-hybridized carbons (Fsp3) is 0.333.